The van der Waals surface area contributed by atoms with Crippen molar-refractivity contribution in [2.45, 2.75) is 136 Å². The molecule has 3 aliphatic rings. The van der Waals surface area contributed by atoms with Crippen LogP contribution < -0.4 is 4.74 Å². The number of pyridine rings is 1. The van der Waals surface area contributed by atoms with E-state index in [0.717, 1.165) is 52.7 Å². The molecule has 4 heterocycles. The first kappa shape index (κ1) is 33.0. The lowest BCUT2D eigenvalue weighted by molar-refractivity contribution is 0.000923. The summed E-state index contributed by atoms with van der Waals surface area (Å²) in [7, 11) is 0. The first-order chi connectivity index (χ1) is 23.3. The van der Waals surface area contributed by atoms with Crippen LogP contribution in [0.2, 0.25) is 0 Å². The van der Waals surface area contributed by atoms with Crippen LogP contribution in [0.1, 0.15) is 134 Å². The number of aliphatic imine (C=N–C) groups is 1. The lowest BCUT2D eigenvalue weighted by Gasteiger charge is -2.41. The summed E-state index contributed by atoms with van der Waals surface area (Å²) in [5.74, 6) is 2.38. The molecule has 0 N–H and O–H groups in total. The molecule has 0 amide bonds. The smallest absolute Gasteiger partial charge is 0.217 e. The summed E-state index contributed by atoms with van der Waals surface area (Å²) in [6, 6.07) is 18.3. The van der Waals surface area contributed by atoms with Crippen molar-refractivity contribution in [1.29, 1.82) is 0 Å². The van der Waals surface area contributed by atoms with Gasteiger partial charge >= 0.3 is 0 Å². The molecule has 0 bridgehead atoms. The van der Waals surface area contributed by atoms with E-state index in [1.165, 1.54) is 56.9 Å². The van der Waals surface area contributed by atoms with Gasteiger partial charge in [-0.2, -0.15) is 0 Å². The standard InChI is InChI=1S/C45H53N3O2/c1-26-17-33-32-22-30(42(6,7)8)23-35-38(32)48(39(33)46-25-26)36-24-37(27(2)18-34(36)43(35,9)10)49-31-20-28(19-29(21-31)41(3,4)5)40-47-44(11)15-13-14-16-45(44,12)50-40/h17-25H,13-16H2,1-12H3/t44-,45-/m0/s1. The maximum atomic E-state index is 6.96. The van der Waals surface area contributed by atoms with E-state index in [9.17, 15) is 0 Å². The number of hydrogen-bond donors (Lipinski definition) is 0. The molecule has 3 aromatic carbocycles. The molecule has 1 saturated carbocycles. The Labute approximate surface area is 298 Å². The van der Waals surface area contributed by atoms with E-state index in [1.54, 1.807) is 0 Å². The second kappa shape index (κ2) is 10.5. The number of rotatable bonds is 3. The topological polar surface area (TPSA) is 48.6 Å². The minimum absolute atomic E-state index is 0.0172. The number of nitrogens with zero attached hydrogens (tertiary/aromatic N) is 3. The molecule has 50 heavy (non-hydrogen) atoms. The van der Waals surface area contributed by atoms with Crippen molar-refractivity contribution >= 4 is 27.8 Å². The Balaban J connectivity index is 1.30. The zero-order chi connectivity index (χ0) is 35.8. The second-order valence-electron chi connectivity index (χ2n) is 18.5. The molecule has 2 aromatic heterocycles. The summed E-state index contributed by atoms with van der Waals surface area (Å²) in [5, 5.41) is 2.46. The van der Waals surface area contributed by atoms with Gasteiger partial charge in [-0.05, 0) is 128 Å². The van der Waals surface area contributed by atoms with Crippen molar-refractivity contribution in [3.05, 3.63) is 93.7 Å². The minimum Gasteiger partial charge on any atom is -0.469 e. The van der Waals surface area contributed by atoms with Gasteiger partial charge < -0.3 is 9.47 Å². The second-order valence-corrected chi connectivity index (χ2v) is 18.5. The van der Waals surface area contributed by atoms with Gasteiger partial charge in [0.1, 0.15) is 28.3 Å². The fourth-order valence-corrected chi connectivity index (χ4v) is 8.61. The third kappa shape index (κ3) is 4.86. The number of hydrogen-bond acceptors (Lipinski definition) is 4. The SMILES string of the molecule is Cc1cnc2c(c1)c1cc(C(C)(C)C)cc3c1n2-c1cc(Oc2cc(C4=N[C@@]5(C)CCCC[C@]5(C)O4)cc(C(C)(C)C)c2)c(C)cc1C3(C)C. The first-order valence-corrected chi connectivity index (χ1v) is 18.5. The highest BCUT2D eigenvalue weighted by molar-refractivity contribution is 6.11. The molecule has 1 aliphatic carbocycles. The first-order valence-electron chi connectivity index (χ1n) is 18.5. The third-order valence-corrected chi connectivity index (χ3v) is 12.2. The molecular weight excluding hydrogens is 615 g/mol. The maximum Gasteiger partial charge on any atom is 0.217 e. The van der Waals surface area contributed by atoms with Crippen LogP contribution in [0.15, 0.2) is 59.7 Å². The molecule has 0 radical (unpaired) electrons. The minimum atomic E-state index is -0.275. The average molecular weight is 668 g/mol. The average Bonchev–Trinajstić information content (AvgIpc) is 3.50. The van der Waals surface area contributed by atoms with Crippen LogP contribution in [-0.4, -0.2) is 26.6 Å². The fourth-order valence-electron chi connectivity index (χ4n) is 8.61. The van der Waals surface area contributed by atoms with Crippen molar-refractivity contribution in [2.24, 2.45) is 4.99 Å². The molecule has 0 saturated heterocycles. The van der Waals surface area contributed by atoms with E-state index in [0.29, 0.717) is 0 Å². The fraction of sp³-hybridized carbons (Fsp3) is 0.467. The number of aryl methyl sites for hydroxylation is 2. The maximum absolute atomic E-state index is 6.96. The Hall–Kier alpha value is -4.12. The van der Waals surface area contributed by atoms with Crippen LogP contribution in [0, 0.1) is 13.8 Å². The van der Waals surface area contributed by atoms with Gasteiger partial charge in [-0.3, -0.25) is 4.57 Å². The van der Waals surface area contributed by atoms with Crippen molar-refractivity contribution in [3.8, 4) is 17.2 Å². The highest BCUT2D eigenvalue weighted by atomic mass is 16.5. The summed E-state index contributed by atoms with van der Waals surface area (Å²) < 4.78 is 16.1. The van der Waals surface area contributed by atoms with Crippen LogP contribution in [0.3, 0.4) is 0 Å². The van der Waals surface area contributed by atoms with E-state index < -0.39 is 0 Å². The van der Waals surface area contributed by atoms with Gasteiger partial charge in [-0.25, -0.2) is 9.98 Å². The van der Waals surface area contributed by atoms with Gasteiger partial charge in [-0.1, -0.05) is 67.9 Å². The van der Waals surface area contributed by atoms with E-state index in [-0.39, 0.29) is 27.4 Å². The molecule has 1 fully saturated rings. The molecule has 2 atom stereocenters. The molecule has 8 rings (SSSR count). The van der Waals surface area contributed by atoms with Gasteiger partial charge in [0.15, 0.2) is 0 Å². The third-order valence-electron chi connectivity index (χ3n) is 12.2. The van der Waals surface area contributed by atoms with Crippen molar-refractivity contribution in [2.75, 3.05) is 0 Å². The Kier molecular flexibility index (Phi) is 6.92. The highest BCUT2D eigenvalue weighted by Gasteiger charge is 2.53. The number of fused-ring (bicyclic) bond motifs is 6. The van der Waals surface area contributed by atoms with E-state index in [1.807, 2.05) is 6.20 Å². The Morgan fingerprint density at radius 2 is 1.46 bits per heavy atom. The Bertz CT molecular complexity index is 2270. The number of ether oxygens (including phenoxy) is 2. The van der Waals surface area contributed by atoms with Crippen LogP contribution in [-0.2, 0) is 21.0 Å². The quantitative estimate of drug-likeness (QED) is 0.192. The van der Waals surface area contributed by atoms with E-state index in [4.69, 9.17) is 19.5 Å². The largest absolute Gasteiger partial charge is 0.469 e. The monoisotopic (exact) mass is 667 g/mol. The van der Waals surface area contributed by atoms with Crippen molar-refractivity contribution in [1.82, 2.24) is 9.55 Å². The summed E-state index contributed by atoms with van der Waals surface area (Å²) in [4.78, 5) is 10.3. The highest BCUT2D eigenvalue weighted by Crippen LogP contribution is 2.51. The Morgan fingerprint density at radius 1 is 0.760 bits per heavy atom. The van der Waals surface area contributed by atoms with Gasteiger partial charge in [-0.15, -0.1) is 0 Å². The molecule has 5 heteroatoms. The van der Waals surface area contributed by atoms with Gasteiger partial charge in [0.25, 0.3) is 0 Å². The van der Waals surface area contributed by atoms with Crippen molar-refractivity contribution < 1.29 is 9.47 Å². The lowest BCUT2D eigenvalue weighted by atomic mass is 9.72. The van der Waals surface area contributed by atoms with Gasteiger partial charge in [0.05, 0.1) is 11.2 Å². The number of benzene rings is 3. The molecular formula is C45H53N3O2. The number of aromatic nitrogens is 2. The predicted molar refractivity (Wildman–Crippen MR) is 207 cm³/mol. The summed E-state index contributed by atoms with van der Waals surface area (Å²) >= 11 is 0. The van der Waals surface area contributed by atoms with Crippen LogP contribution in [0.4, 0.5) is 0 Å². The molecule has 0 unspecified atom stereocenters. The summed E-state index contributed by atoms with van der Waals surface area (Å²) in [6.45, 7) is 27.2. The summed E-state index contributed by atoms with van der Waals surface area (Å²) in [6.07, 6.45) is 6.44. The molecule has 260 valence electrons. The van der Waals surface area contributed by atoms with E-state index in [2.05, 4.69) is 136 Å². The molecule has 2 aliphatic heterocycles. The van der Waals surface area contributed by atoms with E-state index >= 15 is 0 Å². The lowest BCUT2D eigenvalue weighted by Crippen LogP contribution is -2.49. The van der Waals surface area contributed by atoms with Crippen LogP contribution >= 0.6 is 0 Å². The van der Waals surface area contributed by atoms with Crippen molar-refractivity contribution in [3.63, 3.8) is 0 Å². The predicted octanol–water partition coefficient (Wildman–Crippen LogP) is 11.7. The normalized spacial score (nSPS) is 22.7. The summed E-state index contributed by atoms with van der Waals surface area (Å²) in [5.41, 5.74) is 11.0. The molecule has 5 nitrogen and oxygen atoms in total. The van der Waals surface area contributed by atoms with Crippen LogP contribution in [0.5, 0.6) is 11.5 Å². The van der Waals surface area contributed by atoms with Gasteiger partial charge in [0, 0.05) is 34.0 Å². The molecule has 0 spiro atoms. The molecule has 5 aromatic rings. The van der Waals surface area contributed by atoms with Crippen LogP contribution in [0.25, 0.3) is 27.6 Å². The van der Waals surface area contributed by atoms with Gasteiger partial charge in [0.2, 0.25) is 5.90 Å². The zero-order valence-corrected chi connectivity index (χ0v) is 32.2. The Morgan fingerprint density at radius 3 is 2.16 bits per heavy atom. The zero-order valence-electron chi connectivity index (χ0n) is 32.2.